The fourth-order valence-electron chi connectivity index (χ4n) is 1.55. The molecule has 0 fully saturated rings. The van der Waals surface area contributed by atoms with E-state index in [-0.39, 0.29) is 0 Å². The smallest absolute Gasteiger partial charge is 0.330 e. The molecule has 0 saturated carbocycles. The number of amides is 1. The zero-order valence-electron chi connectivity index (χ0n) is 12.0. The predicted molar refractivity (Wildman–Crippen MR) is 77.7 cm³/mol. The molecule has 0 aliphatic heterocycles. The molecule has 1 rings (SSSR count). The van der Waals surface area contributed by atoms with Gasteiger partial charge in [-0.1, -0.05) is 12.1 Å². The highest BCUT2D eigenvalue weighted by Gasteiger charge is 2.18. The lowest BCUT2D eigenvalue weighted by molar-refractivity contribution is -0.145. The van der Waals surface area contributed by atoms with Crippen molar-refractivity contribution in [2.24, 2.45) is 0 Å². The van der Waals surface area contributed by atoms with Crippen LogP contribution in [0.25, 0.3) is 6.08 Å². The van der Waals surface area contributed by atoms with Crippen LogP contribution in [0.5, 0.6) is 5.75 Å². The van der Waals surface area contributed by atoms with Gasteiger partial charge >= 0.3 is 5.97 Å². The summed E-state index contributed by atoms with van der Waals surface area (Å²) in [6.07, 6.45) is 2.87. The highest BCUT2D eigenvalue weighted by atomic mass is 16.5. The van der Waals surface area contributed by atoms with Crippen LogP contribution in [0.1, 0.15) is 12.5 Å². The first-order chi connectivity index (χ1) is 10.1. The lowest BCUT2D eigenvalue weighted by Gasteiger charge is -2.11. The minimum absolute atomic E-state index is 0.492. The number of carbonyl (C=O) groups excluding carboxylic acids is 2. The van der Waals surface area contributed by atoms with E-state index < -0.39 is 24.5 Å². The van der Waals surface area contributed by atoms with E-state index in [0.717, 1.165) is 11.3 Å². The maximum Gasteiger partial charge on any atom is 0.330 e. The molecule has 1 amide bonds. The molecule has 1 aromatic carbocycles. The molecule has 0 radical (unpaired) electrons. The number of esters is 1. The number of benzene rings is 1. The number of methoxy groups -OCH3 is 1. The van der Waals surface area contributed by atoms with Crippen molar-refractivity contribution in [3.8, 4) is 5.75 Å². The summed E-state index contributed by atoms with van der Waals surface area (Å²) in [7, 11) is 1.19. The van der Waals surface area contributed by atoms with Crippen molar-refractivity contribution < 1.29 is 24.2 Å². The molecule has 114 valence electrons. The van der Waals surface area contributed by atoms with Gasteiger partial charge in [0.2, 0.25) is 5.91 Å². The Morgan fingerprint density at radius 2 is 2.00 bits per heavy atom. The molecule has 0 unspecified atom stereocenters. The number of nitrogens with one attached hydrogen (secondary N) is 1. The maximum absolute atomic E-state index is 11.6. The zero-order chi connectivity index (χ0) is 15.7. The van der Waals surface area contributed by atoms with Crippen LogP contribution in [0, 0.1) is 0 Å². The van der Waals surface area contributed by atoms with Crippen LogP contribution in [0.3, 0.4) is 0 Å². The van der Waals surface area contributed by atoms with Crippen molar-refractivity contribution in [2.45, 2.75) is 13.0 Å². The second-order valence-corrected chi connectivity index (χ2v) is 4.10. The lowest BCUT2D eigenvalue weighted by atomic mass is 10.2. The average Bonchev–Trinajstić information content (AvgIpc) is 2.51. The lowest BCUT2D eigenvalue weighted by Crippen LogP contribution is -2.43. The van der Waals surface area contributed by atoms with E-state index in [2.05, 4.69) is 10.1 Å². The highest BCUT2D eigenvalue weighted by molar-refractivity contribution is 5.94. The van der Waals surface area contributed by atoms with Gasteiger partial charge in [0.25, 0.3) is 0 Å². The first-order valence-corrected chi connectivity index (χ1v) is 6.50. The number of hydrogen-bond acceptors (Lipinski definition) is 5. The first-order valence-electron chi connectivity index (χ1n) is 6.50. The van der Waals surface area contributed by atoms with E-state index in [4.69, 9.17) is 9.84 Å². The number of aliphatic hydroxyl groups is 1. The van der Waals surface area contributed by atoms with Crippen LogP contribution in [0.2, 0.25) is 0 Å². The van der Waals surface area contributed by atoms with E-state index in [0.29, 0.717) is 6.61 Å². The number of hydrogen-bond donors (Lipinski definition) is 2. The maximum atomic E-state index is 11.6. The summed E-state index contributed by atoms with van der Waals surface area (Å²) in [5.74, 6) is -0.432. The molecule has 0 bridgehead atoms. The summed E-state index contributed by atoms with van der Waals surface area (Å²) < 4.78 is 9.76. The Balaban J connectivity index is 2.58. The molecule has 0 spiro atoms. The predicted octanol–water partition coefficient (Wildman–Crippen LogP) is 0.749. The Kier molecular flexibility index (Phi) is 6.97. The molecule has 6 heteroatoms. The van der Waals surface area contributed by atoms with Crippen LogP contribution < -0.4 is 10.1 Å². The summed E-state index contributed by atoms with van der Waals surface area (Å²) in [6.45, 7) is 1.97. The van der Waals surface area contributed by atoms with Gasteiger partial charge in [-0.15, -0.1) is 0 Å². The van der Waals surface area contributed by atoms with E-state index >= 15 is 0 Å². The number of rotatable bonds is 7. The van der Waals surface area contributed by atoms with Crippen LogP contribution >= 0.6 is 0 Å². The third-order valence-corrected chi connectivity index (χ3v) is 2.60. The Labute approximate surface area is 123 Å². The van der Waals surface area contributed by atoms with Crippen LogP contribution in [0.4, 0.5) is 0 Å². The van der Waals surface area contributed by atoms with Crippen LogP contribution in [0.15, 0.2) is 30.3 Å². The van der Waals surface area contributed by atoms with Crippen molar-refractivity contribution in [1.82, 2.24) is 5.32 Å². The summed E-state index contributed by atoms with van der Waals surface area (Å²) in [5.41, 5.74) is 0.812. The van der Waals surface area contributed by atoms with Gasteiger partial charge in [-0.25, -0.2) is 4.79 Å². The summed E-state index contributed by atoms with van der Waals surface area (Å²) in [5, 5.41) is 11.3. The highest BCUT2D eigenvalue weighted by Crippen LogP contribution is 2.12. The fraction of sp³-hybridized carbons (Fsp3) is 0.333. The minimum Gasteiger partial charge on any atom is -0.494 e. The Hall–Kier alpha value is -2.34. The largest absolute Gasteiger partial charge is 0.494 e. The molecular weight excluding hydrogens is 274 g/mol. The monoisotopic (exact) mass is 293 g/mol. The number of aliphatic hydroxyl groups excluding tert-OH is 1. The van der Waals surface area contributed by atoms with Gasteiger partial charge in [0.15, 0.2) is 6.04 Å². The Bertz CT molecular complexity index is 495. The summed E-state index contributed by atoms with van der Waals surface area (Å²) >= 11 is 0. The third kappa shape index (κ3) is 5.66. The molecule has 0 aliphatic carbocycles. The summed E-state index contributed by atoms with van der Waals surface area (Å²) in [4.78, 5) is 22.9. The topological polar surface area (TPSA) is 84.9 Å². The fourth-order valence-corrected chi connectivity index (χ4v) is 1.55. The second-order valence-electron chi connectivity index (χ2n) is 4.10. The van der Waals surface area contributed by atoms with E-state index in [1.54, 1.807) is 30.3 Å². The molecule has 0 saturated heterocycles. The van der Waals surface area contributed by atoms with Gasteiger partial charge in [0.05, 0.1) is 20.3 Å². The number of carbonyl (C=O) groups is 2. The quantitative estimate of drug-likeness (QED) is 0.572. The van der Waals surface area contributed by atoms with Crippen LogP contribution in [-0.4, -0.2) is 43.3 Å². The van der Waals surface area contributed by atoms with Crippen molar-refractivity contribution in [2.75, 3.05) is 20.3 Å². The summed E-state index contributed by atoms with van der Waals surface area (Å²) in [6, 6.07) is 6.14. The molecule has 2 N–H and O–H groups in total. The molecule has 6 nitrogen and oxygen atoms in total. The first kappa shape index (κ1) is 16.7. The molecule has 0 aromatic heterocycles. The second kappa shape index (κ2) is 8.76. The molecule has 0 aliphatic rings. The minimum atomic E-state index is -1.06. The van der Waals surface area contributed by atoms with E-state index in [1.807, 2.05) is 6.92 Å². The Morgan fingerprint density at radius 3 is 2.52 bits per heavy atom. The van der Waals surface area contributed by atoms with Crippen molar-refractivity contribution >= 4 is 18.0 Å². The molecule has 21 heavy (non-hydrogen) atoms. The van der Waals surface area contributed by atoms with E-state index in [9.17, 15) is 9.59 Å². The van der Waals surface area contributed by atoms with Crippen molar-refractivity contribution in [3.63, 3.8) is 0 Å². The van der Waals surface area contributed by atoms with Gasteiger partial charge < -0.3 is 19.9 Å². The van der Waals surface area contributed by atoms with Gasteiger partial charge in [-0.05, 0) is 30.7 Å². The van der Waals surface area contributed by atoms with Gasteiger partial charge in [0, 0.05) is 6.08 Å². The van der Waals surface area contributed by atoms with E-state index in [1.165, 1.54) is 13.2 Å². The van der Waals surface area contributed by atoms with Gasteiger partial charge in [-0.3, -0.25) is 4.79 Å². The average molecular weight is 293 g/mol. The van der Waals surface area contributed by atoms with Crippen molar-refractivity contribution in [3.05, 3.63) is 35.9 Å². The van der Waals surface area contributed by atoms with Gasteiger partial charge in [0.1, 0.15) is 5.75 Å². The zero-order valence-corrected chi connectivity index (χ0v) is 12.0. The molecular formula is C15H19NO5. The molecule has 1 aromatic rings. The Morgan fingerprint density at radius 1 is 1.33 bits per heavy atom. The molecule has 1 atom stereocenters. The van der Waals surface area contributed by atoms with Crippen LogP contribution in [-0.2, 0) is 14.3 Å². The number of ether oxygens (including phenoxy) is 2. The van der Waals surface area contributed by atoms with Crippen molar-refractivity contribution in [1.29, 1.82) is 0 Å². The molecule has 0 heterocycles. The van der Waals surface area contributed by atoms with Gasteiger partial charge in [-0.2, -0.15) is 0 Å². The SMILES string of the molecule is CCOc1ccc(/C=C/C(=O)N[C@@H](CO)C(=O)OC)cc1. The normalized spacial score (nSPS) is 12.0. The third-order valence-electron chi connectivity index (χ3n) is 2.60. The standard InChI is InChI=1S/C15H19NO5/c1-3-21-12-7-4-11(5-8-12)6-9-14(18)16-13(10-17)15(19)20-2/h4-9,13,17H,3,10H2,1-2H3,(H,16,18)/b9-6+/t13-/m0/s1.